The molecule has 158 valence electrons. The second-order valence-electron chi connectivity index (χ2n) is 7.26. The average molecular weight is 503 g/mol. The van der Waals surface area contributed by atoms with Gasteiger partial charge in [0.15, 0.2) is 5.96 Å². The first-order valence-electron chi connectivity index (χ1n) is 9.58. The molecule has 2 unspecified atom stereocenters. The number of carbonyl (C=O) groups is 1. The summed E-state index contributed by atoms with van der Waals surface area (Å²) in [6.07, 6.45) is 0. The number of nitrogens with one attached hydrogen (secondary N) is 3. The van der Waals surface area contributed by atoms with Gasteiger partial charge in [-0.25, -0.2) is 0 Å². The highest BCUT2D eigenvalue weighted by Crippen LogP contribution is 2.18. The molecule has 1 aliphatic rings. The van der Waals surface area contributed by atoms with Crippen molar-refractivity contribution < 1.29 is 9.53 Å². The van der Waals surface area contributed by atoms with Crippen LogP contribution in [0.15, 0.2) is 29.3 Å². The molecule has 1 amide bonds. The number of guanidine groups is 1. The van der Waals surface area contributed by atoms with Gasteiger partial charge in [0, 0.05) is 50.9 Å². The minimum Gasteiger partial charge on any atom is -0.497 e. The van der Waals surface area contributed by atoms with Gasteiger partial charge in [-0.3, -0.25) is 14.7 Å². The topological polar surface area (TPSA) is 78.0 Å². The first-order valence-corrected chi connectivity index (χ1v) is 9.58. The third-order valence-electron chi connectivity index (χ3n) is 4.95. The smallest absolute Gasteiger partial charge is 0.251 e. The largest absolute Gasteiger partial charge is 0.497 e. The molecular formula is C20H34IN5O2. The average Bonchev–Trinajstić information content (AvgIpc) is 3.04. The van der Waals surface area contributed by atoms with Crippen LogP contribution in [0.3, 0.4) is 0 Å². The van der Waals surface area contributed by atoms with Crippen LogP contribution in [0.25, 0.3) is 0 Å². The van der Waals surface area contributed by atoms with Crippen LogP contribution in [0, 0.1) is 5.92 Å². The number of ether oxygens (including phenoxy) is 1. The minimum absolute atomic E-state index is 0. The van der Waals surface area contributed by atoms with E-state index in [0.717, 1.165) is 19.0 Å². The Kier molecular flexibility index (Phi) is 10.6. The third-order valence-corrected chi connectivity index (χ3v) is 4.95. The minimum atomic E-state index is -0.115. The number of methoxy groups -OCH3 is 1. The molecule has 0 spiro atoms. The van der Waals surface area contributed by atoms with Crippen LogP contribution in [0.1, 0.15) is 31.1 Å². The monoisotopic (exact) mass is 503 g/mol. The number of aliphatic imine (C=N–C) groups is 1. The van der Waals surface area contributed by atoms with Crippen LogP contribution in [-0.4, -0.2) is 69.2 Å². The van der Waals surface area contributed by atoms with Gasteiger partial charge in [0.25, 0.3) is 5.91 Å². The molecule has 1 saturated heterocycles. The Bertz CT molecular complexity index is 653. The van der Waals surface area contributed by atoms with Gasteiger partial charge >= 0.3 is 0 Å². The van der Waals surface area contributed by atoms with Crippen LogP contribution in [-0.2, 0) is 0 Å². The SMILES string of the molecule is CN=C(NCCNC(=O)c1cccc(OC)c1)NC1CN(C(C)C)CC1C.I. The predicted octanol–water partition coefficient (Wildman–Crippen LogP) is 1.94. The van der Waals surface area contributed by atoms with E-state index in [1.54, 1.807) is 32.4 Å². The number of amides is 1. The van der Waals surface area contributed by atoms with E-state index in [1.165, 1.54) is 0 Å². The van der Waals surface area contributed by atoms with Crippen molar-refractivity contribution in [2.24, 2.45) is 10.9 Å². The van der Waals surface area contributed by atoms with Crippen LogP contribution in [0.5, 0.6) is 5.75 Å². The second-order valence-corrected chi connectivity index (χ2v) is 7.26. The highest BCUT2D eigenvalue weighted by molar-refractivity contribution is 14.0. The quantitative estimate of drug-likeness (QED) is 0.230. The Labute approximate surface area is 185 Å². The summed E-state index contributed by atoms with van der Waals surface area (Å²) in [5.74, 6) is 1.90. The molecule has 0 radical (unpaired) electrons. The van der Waals surface area contributed by atoms with Gasteiger partial charge in [-0.05, 0) is 38.0 Å². The molecule has 0 saturated carbocycles. The zero-order valence-electron chi connectivity index (χ0n) is 17.5. The van der Waals surface area contributed by atoms with Crippen LogP contribution >= 0.6 is 24.0 Å². The van der Waals surface area contributed by atoms with E-state index in [1.807, 2.05) is 6.07 Å². The number of carbonyl (C=O) groups excluding carboxylic acids is 1. The Morgan fingerprint density at radius 3 is 2.61 bits per heavy atom. The predicted molar refractivity (Wildman–Crippen MR) is 125 cm³/mol. The van der Waals surface area contributed by atoms with E-state index in [2.05, 4.69) is 46.6 Å². The fraction of sp³-hybridized carbons (Fsp3) is 0.600. The van der Waals surface area contributed by atoms with Gasteiger partial charge in [0.05, 0.1) is 7.11 Å². The highest BCUT2D eigenvalue weighted by atomic mass is 127. The number of hydrogen-bond acceptors (Lipinski definition) is 4. The number of halogens is 1. The maximum Gasteiger partial charge on any atom is 0.251 e. The van der Waals surface area contributed by atoms with Gasteiger partial charge in [-0.15, -0.1) is 24.0 Å². The van der Waals surface area contributed by atoms with Crippen molar-refractivity contribution in [3.8, 4) is 5.75 Å². The molecule has 0 aromatic heterocycles. The first kappa shape index (κ1) is 24.5. The molecule has 8 heteroatoms. The van der Waals surface area contributed by atoms with E-state index in [9.17, 15) is 4.79 Å². The van der Waals surface area contributed by atoms with Gasteiger partial charge in [-0.2, -0.15) is 0 Å². The van der Waals surface area contributed by atoms with E-state index in [-0.39, 0.29) is 29.9 Å². The van der Waals surface area contributed by atoms with Crippen molar-refractivity contribution in [1.29, 1.82) is 0 Å². The number of rotatable bonds is 7. The maximum atomic E-state index is 12.2. The summed E-state index contributed by atoms with van der Waals surface area (Å²) in [5, 5.41) is 9.68. The van der Waals surface area contributed by atoms with Crippen LogP contribution in [0.2, 0.25) is 0 Å². The number of likely N-dealkylation sites (tertiary alicyclic amines) is 1. The van der Waals surface area contributed by atoms with Gasteiger partial charge in [-0.1, -0.05) is 13.0 Å². The summed E-state index contributed by atoms with van der Waals surface area (Å²) in [7, 11) is 3.36. The normalized spacial score (nSPS) is 19.9. The summed E-state index contributed by atoms with van der Waals surface area (Å²) in [5.41, 5.74) is 0.588. The van der Waals surface area contributed by atoms with Crippen molar-refractivity contribution in [3.63, 3.8) is 0 Å². The number of hydrogen-bond donors (Lipinski definition) is 3. The van der Waals surface area contributed by atoms with E-state index in [4.69, 9.17) is 4.74 Å². The van der Waals surface area contributed by atoms with Crippen molar-refractivity contribution in [2.75, 3.05) is 40.3 Å². The fourth-order valence-electron chi connectivity index (χ4n) is 3.21. The summed E-state index contributed by atoms with van der Waals surface area (Å²) < 4.78 is 5.15. The molecule has 2 atom stereocenters. The van der Waals surface area contributed by atoms with E-state index >= 15 is 0 Å². The first-order chi connectivity index (χ1) is 12.9. The fourth-order valence-corrected chi connectivity index (χ4v) is 3.21. The molecule has 28 heavy (non-hydrogen) atoms. The van der Waals surface area contributed by atoms with Crippen LogP contribution < -0.4 is 20.7 Å². The molecule has 0 bridgehead atoms. The highest BCUT2D eigenvalue weighted by Gasteiger charge is 2.31. The van der Waals surface area contributed by atoms with Crippen LogP contribution in [0.4, 0.5) is 0 Å². The standard InChI is InChI=1S/C20H33N5O2.HI/c1-14(2)25-12-15(3)18(13-25)24-20(21-4)23-10-9-22-19(26)16-7-6-8-17(11-16)27-5;/h6-8,11,14-15,18H,9-10,12-13H2,1-5H3,(H,22,26)(H2,21,23,24);1H. The third kappa shape index (κ3) is 7.12. The number of benzene rings is 1. The lowest BCUT2D eigenvalue weighted by molar-refractivity contribution is 0.0954. The number of nitrogens with zero attached hydrogens (tertiary/aromatic N) is 2. The molecule has 2 rings (SSSR count). The Morgan fingerprint density at radius 2 is 2.00 bits per heavy atom. The lowest BCUT2D eigenvalue weighted by Crippen LogP contribution is -2.48. The Hall–Kier alpha value is -1.55. The zero-order chi connectivity index (χ0) is 19.8. The summed E-state index contributed by atoms with van der Waals surface area (Å²) in [6.45, 7) is 9.95. The van der Waals surface area contributed by atoms with Crippen molar-refractivity contribution in [2.45, 2.75) is 32.9 Å². The molecule has 1 heterocycles. The maximum absolute atomic E-state index is 12.2. The molecule has 1 aliphatic heterocycles. The van der Waals surface area contributed by atoms with Crippen molar-refractivity contribution >= 4 is 35.8 Å². The lowest BCUT2D eigenvalue weighted by atomic mass is 10.1. The van der Waals surface area contributed by atoms with E-state index < -0.39 is 0 Å². The van der Waals surface area contributed by atoms with Crippen molar-refractivity contribution in [3.05, 3.63) is 29.8 Å². The molecule has 7 nitrogen and oxygen atoms in total. The second kappa shape index (κ2) is 12.1. The van der Waals surface area contributed by atoms with Crippen molar-refractivity contribution in [1.82, 2.24) is 20.9 Å². The molecule has 0 aliphatic carbocycles. The Balaban J connectivity index is 0.00000392. The summed E-state index contributed by atoms with van der Waals surface area (Å²) in [6, 6.07) is 8.06. The van der Waals surface area contributed by atoms with Gasteiger partial charge in [0.2, 0.25) is 0 Å². The molecule has 1 aromatic rings. The van der Waals surface area contributed by atoms with E-state index in [0.29, 0.717) is 42.4 Å². The Morgan fingerprint density at radius 1 is 1.29 bits per heavy atom. The summed E-state index contributed by atoms with van der Waals surface area (Å²) in [4.78, 5) is 19.0. The molecular weight excluding hydrogens is 469 g/mol. The molecule has 1 fully saturated rings. The zero-order valence-corrected chi connectivity index (χ0v) is 19.8. The molecule has 3 N–H and O–H groups in total. The van der Waals surface area contributed by atoms with Gasteiger partial charge in [0.1, 0.15) is 5.75 Å². The molecule has 1 aromatic carbocycles. The summed E-state index contributed by atoms with van der Waals surface area (Å²) >= 11 is 0. The van der Waals surface area contributed by atoms with Gasteiger partial charge < -0.3 is 20.7 Å². The lowest BCUT2D eigenvalue weighted by Gasteiger charge is -2.22.